The Balaban J connectivity index is 1.75. The number of hydrogen-bond donors (Lipinski definition) is 0. The number of carboxylic acids is 1. The molecule has 0 spiro atoms. The highest BCUT2D eigenvalue weighted by Gasteiger charge is 2.47. The molecule has 1 aliphatic carbocycles. The number of nitriles is 1. The van der Waals surface area contributed by atoms with Gasteiger partial charge < -0.3 is 14.8 Å². The standard InChI is InChI=1S/C34H31F3N4O2Si/c1-34(19-38,39-2)29-30(35)27(28(33(42)43)31(36)32(29)37)26-22-11-9-20(40-13-5-6-14-40)17-24(22)44(3,4)25-18-21(10-12-23(25)26)41-15-7-8-16-41/h9-12,17-18H,5-8,13-16H2,1,3-4H3. The molecular weight excluding hydrogens is 581 g/mol. The van der Waals surface area contributed by atoms with Crippen molar-refractivity contribution in [3.8, 4) is 6.07 Å². The van der Waals surface area contributed by atoms with Crippen molar-refractivity contribution >= 4 is 36.2 Å². The number of carbonyl (C=O) groups excluding carboxylic acids is 1. The van der Waals surface area contributed by atoms with Crippen LogP contribution in [0.4, 0.5) is 18.9 Å². The fourth-order valence-electron chi connectivity index (χ4n) is 7.09. The molecule has 0 bridgehead atoms. The monoisotopic (exact) mass is 612 g/mol. The van der Waals surface area contributed by atoms with Crippen LogP contribution in [-0.4, -0.2) is 50.5 Å². The summed E-state index contributed by atoms with van der Waals surface area (Å²) in [7, 11) is -2.55. The maximum absolute atomic E-state index is 16.8. The molecule has 2 aromatic carbocycles. The third-order valence-electron chi connectivity index (χ3n) is 9.54. The van der Waals surface area contributed by atoms with Crippen molar-refractivity contribution in [2.75, 3.05) is 31.1 Å². The third-order valence-corrected chi connectivity index (χ3v) is 13.1. The Morgan fingerprint density at radius 1 is 1.09 bits per heavy atom. The molecule has 0 radical (unpaired) electrons. The van der Waals surface area contributed by atoms with Gasteiger partial charge in [0.1, 0.15) is 32.5 Å². The number of anilines is 1. The summed E-state index contributed by atoms with van der Waals surface area (Å²) in [5.74, 6) is -7.29. The van der Waals surface area contributed by atoms with E-state index in [2.05, 4.69) is 39.6 Å². The van der Waals surface area contributed by atoms with Crippen molar-refractivity contribution in [1.29, 1.82) is 5.26 Å². The van der Waals surface area contributed by atoms with Crippen molar-refractivity contribution in [1.82, 2.24) is 0 Å². The Morgan fingerprint density at radius 3 is 2.39 bits per heavy atom. The van der Waals surface area contributed by atoms with Crippen molar-refractivity contribution in [2.45, 2.75) is 51.2 Å². The van der Waals surface area contributed by atoms with Crippen LogP contribution >= 0.6 is 0 Å². The Labute approximate surface area is 255 Å². The Bertz CT molecular complexity index is 1830. The second kappa shape index (κ2) is 10.6. The van der Waals surface area contributed by atoms with Crippen LogP contribution in [0.2, 0.25) is 13.1 Å². The van der Waals surface area contributed by atoms with Gasteiger partial charge in [-0.05, 0) is 58.1 Å². The summed E-state index contributed by atoms with van der Waals surface area (Å²) in [5, 5.41) is 24.0. The van der Waals surface area contributed by atoms with Gasteiger partial charge in [0.25, 0.3) is 0 Å². The van der Waals surface area contributed by atoms with Gasteiger partial charge in [0, 0.05) is 61.8 Å². The minimum absolute atomic E-state index is 0.0879. The van der Waals surface area contributed by atoms with Gasteiger partial charge in [-0.2, -0.15) is 5.26 Å². The Morgan fingerprint density at radius 2 is 1.77 bits per heavy atom. The zero-order chi connectivity index (χ0) is 31.6. The first-order valence-electron chi connectivity index (χ1n) is 14.8. The number of rotatable bonds is 4. The molecule has 0 aromatic heterocycles. The number of carbonyl (C=O) groups is 1. The third kappa shape index (κ3) is 4.35. The van der Waals surface area contributed by atoms with Crippen LogP contribution in [0.1, 0.15) is 59.7 Å². The molecule has 10 heteroatoms. The molecule has 1 unspecified atom stereocenters. The first-order chi connectivity index (χ1) is 20.9. The number of carboxylic acid groups (broad SMARTS) is 1. The summed E-state index contributed by atoms with van der Waals surface area (Å²) >= 11 is 0. The molecule has 6 nitrogen and oxygen atoms in total. The predicted octanol–water partition coefficient (Wildman–Crippen LogP) is 4.74. The van der Waals surface area contributed by atoms with Crippen molar-refractivity contribution in [3.63, 3.8) is 0 Å². The largest absolute Gasteiger partial charge is 0.545 e. The summed E-state index contributed by atoms with van der Waals surface area (Å²) in [6, 6.07) is 7.37. The van der Waals surface area contributed by atoms with Gasteiger partial charge in [-0.3, -0.25) is 4.85 Å². The summed E-state index contributed by atoms with van der Waals surface area (Å²) < 4.78 is 50.3. The lowest BCUT2D eigenvalue weighted by atomic mass is 9.82. The van der Waals surface area contributed by atoms with Gasteiger partial charge in [-0.25, -0.2) is 24.3 Å². The number of fused-ring (bicyclic) bond motifs is 2. The Hall–Kier alpha value is -4.41. The highest BCUT2D eigenvalue weighted by molar-refractivity contribution is 6.98. The Kier molecular flexibility index (Phi) is 7.17. The van der Waals surface area contributed by atoms with E-state index in [0.717, 1.165) is 80.6 Å². The molecule has 2 aromatic rings. The van der Waals surface area contributed by atoms with Crippen LogP contribution in [-0.2, 0) is 5.54 Å². The first-order valence-corrected chi connectivity index (χ1v) is 17.8. The van der Waals surface area contributed by atoms with Crippen molar-refractivity contribution < 1.29 is 27.6 Å². The van der Waals surface area contributed by atoms with Gasteiger partial charge in [-0.1, -0.05) is 19.2 Å². The van der Waals surface area contributed by atoms with Crippen LogP contribution < -0.4 is 15.2 Å². The van der Waals surface area contributed by atoms with Crippen LogP contribution in [0.15, 0.2) is 47.2 Å². The normalized spacial score (nSPS) is 20.1. The van der Waals surface area contributed by atoms with Crippen molar-refractivity contribution in [2.24, 2.45) is 0 Å². The van der Waals surface area contributed by atoms with Gasteiger partial charge in [0.15, 0.2) is 23.4 Å². The van der Waals surface area contributed by atoms with Crippen LogP contribution in [0, 0.1) is 35.4 Å². The summed E-state index contributed by atoms with van der Waals surface area (Å²) in [5.41, 5.74) is -2.42. The van der Waals surface area contributed by atoms with E-state index in [-0.39, 0.29) is 5.57 Å². The SMILES string of the molecule is [C-]#[N+]C(C)(C#N)c1c(F)c(F)c(C(=O)[O-])c(C2=C3C=CC(=[N+]4CCCC4)C=C3[Si](C)(C)c3cc(N4CCCC4)ccc32)c1F. The zero-order valence-corrected chi connectivity index (χ0v) is 25.9. The lowest BCUT2D eigenvalue weighted by Gasteiger charge is -2.39. The molecule has 224 valence electrons. The predicted molar refractivity (Wildman–Crippen MR) is 163 cm³/mol. The van der Waals surface area contributed by atoms with Gasteiger partial charge >= 0.3 is 5.54 Å². The lowest BCUT2D eigenvalue weighted by molar-refractivity contribution is -0.504. The van der Waals surface area contributed by atoms with E-state index in [1.165, 1.54) is 0 Å². The minimum atomic E-state index is -2.55. The van der Waals surface area contributed by atoms with E-state index in [4.69, 9.17) is 6.57 Å². The fourth-order valence-corrected chi connectivity index (χ4v) is 10.2. The molecule has 4 aliphatic rings. The molecule has 44 heavy (non-hydrogen) atoms. The van der Waals surface area contributed by atoms with Gasteiger partial charge in [-0.15, -0.1) is 0 Å². The first kappa shape index (κ1) is 29.6. The van der Waals surface area contributed by atoms with Crippen LogP contribution in [0.5, 0.6) is 0 Å². The van der Waals surface area contributed by atoms with E-state index < -0.39 is 53.7 Å². The molecule has 3 aliphatic heterocycles. The second-order valence-electron chi connectivity index (χ2n) is 12.5. The second-order valence-corrected chi connectivity index (χ2v) is 16.8. The average molecular weight is 613 g/mol. The molecule has 6 rings (SSSR count). The molecule has 0 amide bonds. The molecule has 2 fully saturated rings. The summed E-state index contributed by atoms with van der Waals surface area (Å²) in [6.07, 6.45) is 10.0. The number of aromatic carboxylic acids is 1. The van der Waals surface area contributed by atoms with E-state index in [9.17, 15) is 15.2 Å². The van der Waals surface area contributed by atoms with E-state index >= 15 is 13.2 Å². The highest BCUT2D eigenvalue weighted by atomic mass is 28.3. The molecule has 3 heterocycles. The molecule has 2 saturated heterocycles. The molecule has 0 saturated carbocycles. The highest BCUT2D eigenvalue weighted by Crippen LogP contribution is 2.46. The quantitative estimate of drug-likeness (QED) is 0.217. The average Bonchev–Trinajstić information content (AvgIpc) is 3.75. The maximum Gasteiger partial charge on any atom is 0.343 e. The smallest absolute Gasteiger partial charge is 0.343 e. The zero-order valence-electron chi connectivity index (χ0n) is 24.9. The maximum atomic E-state index is 16.8. The topological polar surface area (TPSA) is 74.5 Å². The van der Waals surface area contributed by atoms with E-state index in [0.29, 0.717) is 11.1 Å². The van der Waals surface area contributed by atoms with E-state index in [1.54, 1.807) is 6.07 Å². The van der Waals surface area contributed by atoms with Gasteiger partial charge in [0.05, 0.1) is 5.97 Å². The number of hydrogen-bond acceptors (Lipinski definition) is 4. The van der Waals surface area contributed by atoms with Crippen LogP contribution in [0.3, 0.4) is 0 Å². The van der Waals surface area contributed by atoms with Gasteiger partial charge in [0.2, 0.25) is 0 Å². The lowest BCUT2D eigenvalue weighted by Crippen LogP contribution is -2.50. The van der Waals surface area contributed by atoms with E-state index in [1.807, 2.05) is 24.3 Å². The minimum Gasteiger partial charge on any atom is -0.545 e. The van der Waals surface area contributed by atoms with Crippen LogP contribution in [0.25, 0.3) is 10.4 Å². The number of halogens is 3. The summed E-state index contributed by atoms with van der Waals surface area (Å²) in [6.45, 7) is 16.4. The molecular formula is C34H31F3N4O2Si. The fraction of sp³-hybridized carbons (Fsp3) is 0.353. The number of benzene rings is 2. The summed E-state index contributed by atoms with van der Waals surface area (Å²) in [4.78, 5) is 17.9. The molecule has 1 atom stereocenters. The van der Waals surface area contributed by atoms with Crippen molar-refractivity contribution in [3.05, 3.63) is 98.3 Å². The number of nitrogens with zero attached hydrogens (tertiary/aromatic N) is 4. The number of allylic oxidation sites excluding steroid dienone is 5. The molecule has 0 N–H and O–H groups in total.